The van der Waals surface area contributed by atoms with Gasteiger partial charge in [-0.15, -0.1) is 0 Å². The standard InChI is InChI=1S/C24H24N4O/c1-17(20-10-9-13-22(16-20)27-14-7-8-15-27)25-24(29)23-18(2)26-28(19(23)3)21-11-5-4-6-12-21/h4-17H,1-3H3,(H,25,29). The number of hydrogen-bond acceptors (Lipinski definition) is 2. The molecule has 1 unspecified atom stereocenters. The van der Waals surface area contributed by atoms with Gasteiger partial charge >= 0.3 is 0 Å². The lowest BCUT2D eigenvalue weighted by atomic mass is 10.1. The SMILES string of the molecule is Cc1nn(-c2ccccc2)c(C)c1C(=O)NC(C)c1cccc(-n2cccc2)c1. The van der Waals surface area contributed by atoms with Gasteiger partial charge in [-0.1, -0.05) is 30.3 Å². The van der Waals surface area contributed by atoms with Gasteiger partial charge in [-0.05, 0) is 62.7 Å². The zero-order valence-electron chi connectivity index (χ0n) is 16.8. The fraction of sp³-hybridized carbons (Fsp3) is 0.167. The minimum atomic E-state index is -0.128. The van der Waals surface area contributed by atoms with E-state index in [1.54, 1.807) is 0 Å². The first-order valence-electron chi connectivity index (χ1n) is 9.70. The van der Waals surface area contributed by atoms with E-state index in [0.717, 1.165) is 28.3 Å². The van der Waals surface area contributed by atoms with Crippen molar-refractivity contribution in [3.8, 4) is 11.4 Å². The molecule has 0 aliphatic heterocycles. The van der Waals surface area contributed by atoms with Crippen molar-refractivity contribution in [1.29, 1.82) is 0 Å². The van der Waals surface area contributed by atoms with E-state index in [9.17, 15) is 4.79 Å². The number of rotatable bonds is 5. The Labute approximate surface area is 170 Å². The molecule has 1 atom stereocenters. The summed E-state index contributed by atoms with van der Waals surface area (Å²) >= 11 is 0. The zero-order valence-corrected chi connectivity index (χ0v) is 16.8. The van der Waals surface area contributed by atoms with Crippen molar-refractivity contribution in [2.75, 3.05) is 0 Å². The van der Waals surface area contributed by atoms with Crippen LogP contribution in [0, 0.1) is 13.8 Å². The van der Waals surface area contributed by atoms with Crippen molar-refractivity contribution in [1.82, 2.24) is 19.7 Å². The van der Waals surface area contributed by atoms with Crippen LogP contribution in [-0.2, 0) is 0 Å². The molecule has 0 bridgehead atoms. The molecule has 0 saturated carbocycles. The minimum Gasteiger partial charge on any atom is -0.345 e. The molecular formula is C24H24N4O. The second kappa shape index (κ2) is 7.80. The summed E-state index contributed by atoms with van der Waals surface area (Å²) in [5, 5.41) is 7.71. The second-order valence-electron chi connectivity index (χ2n) is 7.17. The molecule has 0 fully saturated rings. The van der Waals surface area contributed by atoms with E-state index in [4.69, 9.17) is 0 Å². The molecule has 1 amide bonds. The number of nitrogens with zero attached hydrogens (tertiary/aromatic N) is 3. The van der Waals surface area contributed by atoms with Gasteiger partial charge in [0.2, 0.25) is 0 Å². The van der Waals surface area contributed by atoms with E-state index >= 15 is 0 Å². The number of aromatic nitrogens is 3. The molecule has 1 N–H and O–H groups in total. The van der Waals surface area contributed by atoms with Gasteiger partial charge in [-0.3, -0.25) is 4.79 Å². The van der Waals surface area contributed by atoms with Gasteiger partial charge in [-0.2, -0.15) is 5.10 Å². The van der Waals surface area contributed by atoms with Crippen LogP contribution in [0.5, 0.6) is 0 Å². The van der Waals surface area contributed by atoms with E-state index in [0.29, 0.717) is 5.56 Å². The summed E-state index contributed by atoms with van der Waals surface area (Å²) in [4.78, 5) is 13.1. The molecule has 29 heavy (non-hydrogen) atoms. The molecule has 0 aliphatic rings. The third kappa shape index (κ3) is 3.72. The average Bonchev–Trinajstić information content (AvgIpc) is 3.37. The maximum Gasteiger partial charge on any atom is 0.255 e. The van der Waals surface area contributed by atoms with Gasteiger partial charge in [0.25, 0.3) is 5.91 Å². The van der Waals surface area contributed by atoms with Crippen molar-refractivity contribution < 1.29 is 4.79 Å². The fourth-order valence-corrected chi connectivity index (χ4v) is 3.61. The molecule has 4 rings (SSSR count). The lowest BCUT2D eigenvalue weighted by Gasteiger charge is -2.16. The van der Waals surface area contributed by atoms with Gasteiger partial charge in [0.05, 0.1) is 28.7 Å². The van der Waals surface area contributed by atoms with Gasteiger partial charge in [0.15, 0.2) is 0 Å². The largest absolute Gasteiger partial charge is 0.345 e. The molecule has 2 aromatic carbocycles. The number of aryl methyl sites for hydroxylation is 1. The van der Waals surface area contributed by atoms with Crippen LogP contribution in [0.2, 0.25) is 0 Å². The number of carbonyl (C=O) groups excluding carboxylic acids is 1. The minimum absolute atomic E-state index is 0.110. The van der Waals surface area contributed by atoms with Crippen LogP contribution in [0.15, 0.2) is 79.1 Å². The Morgan fingerprint density at radius 2 is 1.62 bits per heavy atom. The van der Waals surface area contributed by atoms with Crippen molar-refractivity contribution in [2.45, 2.75) is 26.8 Å². The number of hydrogen-bond donors (Lipinski definition) is 1. The molecule has 5 nitrogen and oxygen atoms in total. The van der Waals surface area contributed by atoms with Crippen LogP contribution in [0.25, 0.3) is 11.4 Å². The van der Waals surface area contributed by atoms with E-state index < -0.39 is 0 Å². The predicted molar refractivity (Wildman–Crippen MR) is 115 cm³/mol. The van der Waals surface area contributed by atoms with E-state index in [2.05, 4.69) is 27.1 Å². The number of amides is 1. The van der Waals surface area contributed by atoms with Crippen LogP contribution in [0.1, 0.15) is 40.3 Å². The average molecular weight is 384 g/mol. The Bertz CT molecular complexity index is 1130. The normalized spacial score (nSPS) is 12.0. The molecule has 2 heterocycles. The lowest BCUT2D eigenvalue weighted by molar-refractivity contribution is 0.0938. The fourth-order valence-electron chi connectivity index (χ4n) is 3.61. The van der Waals surface area contributed by atoms with Crippen LogP contribution < -0.4 is 5.32 Å². The summed E-state index contributed by atoms with van der Waals surface area (Å²) in [6.07, 6.45) is 4.01. The summed E-state index contributed by atoms with van der Waals surface area (Å²) in [5.41, 5.74) is 5.24. The van der Waals surface area contributed by atoms with Crippen molar-refractivity contribution in [3.05, 3.63) is 102 Å². The monoisotopic (exact) mass is 384 g/mol. The molecule has 5 heteroatoms. The van der Waals surface area contributed by atoms with Crippen molar-refractivity contribution in [2.24, 2.45) is 0 Å². The number of nitrogens with one attached hydrogen (secondary N) is 1. The van der Waals surface area contributed by atoms with Gasteiger partial charge in [-0.25, -0.2) is 4.68 Å². The highest BCUT2D eigenvalue weighted by Gasteiger charge is 2.21. The highest BCUT2D eigenvalue weighted by molar-refractivity contribution is 5.96. The van der Waals surface area contributed by atoms with Gasteiger partial charge < -0.3 is 9.88 Å². The zero-order chi connectivity index (χ0) is 20.4. The highest BCUT2D eigenvalue weighted by atomic mass is 16.1. The Kier molecular flexibility index (Phi) is 5.04. The summed E-state index contributed by atoms with van der Waals surface area (Å²) in [5.74, 6) is -0.110. The molecule has 0 saturated heterocycles. The van der Waals surface area contributed by atoms with Crippen LogP contribution in [0.3, 0.4) is 0 Å². The maximum absolute atomic E-state index is 13.1. The van der Waals surface area contributed by atoms with Gasteiger partial charge in [0, 0.05) is 18.1 Å². The Hall–Kier alpha value is -3.60. The van der Waals surface area contributed by atoms with E-state index in [-0.39, 0.29) is 11.9 Å². The Morgan fingerprint density at radius 3 is 2.34 bits per heavy atom. The van der Waals surface area contributed by atoms with E-state index in [1.165, 1.54) is 0 Å². The molecule has 2 aromatic heterocycles. The first-order chi connectivity index (χ1) is 14.0. The predicted octanol–water partition coefficient (Wildman–Crippen LogP) is 4.77. The first-order valence-corrected chi connectivity index (χ1v) is 9.70. The molecule has 0 radical (unpaired) electrons. The summed E-state index contributed by atoms with van der Waals surface area (Å²) in [7, 11) is 0. The molecule has 0 aliphatic carbocycles. The Balaban J connectivity index is 1.57. The Morgan fingerprint density at radius 1 is 0.931 bits per heavy atom. The summed E-state index contributed by atoms with van der Waals surface area (Å²) in [6, 6.07) is 21.9. The van der Waals surface area contributed by atoms with Crippen molar-refractivity contribution >= 4 is 5.91 Å². The molecule has 0 spiro atoms. The maximum atomic E-state index is 13.1. The molecule has 4 aromatic rings. The van der Waals surface area contributed by atoms with Crippen molar-refractivity contribution in [3.63, 3.8) is 0 Å². The lowest BCUT2D eigenvalue weighted by Crippen LogP contribution is -2.27. The summed E-state index contributed by atoms with van der Waals surface area (Å²) in [6.45, 7) is 5.80. The van der Waals surface area contributed by atoms with E-state index in [1.807, 2.05) is 92.4 Å². The van der Waals surface area contributed by atoms with Gasteiger partial charge in [0.1, 0.15) is 0 Å². The third-order valence-electron chi connectivity index (χ3n) is 5.14. The quantitative estimate of drug-likeness (QED) is 0.539. The number of carbonyl (C=O) groups is 1. The van der Waals surface area contributed by atoms with Crippen LogP contribution in [-0.4, -0.2) is 20.3 Å². The first kappa shape index (κ1) is 18.7. The highest BCUT2D eigenvalue weighted by Crippen LogP contribution is 2.21. The van der Waals surface area contributed by atoms with Crippen LogP contribution >= 0.6 is 0 Å². The molecule has 146 valence electrons. The smallest absolute Gasteiger partial charge is 0.255 e. The number of para-hydroxylation sites is 1. The van der Waals surface area contributed by atoms with Crippen LogP contribution in [0.4, 0.5) is 0 Å². The number of benzene rings is 2. The topological polar surface area (TPSA) is 51.9 Å². The molecular weight excluding hydrogens is 360 g/mol. The second-order valence-corrected chi connectivity index (χ2v) is 7.17. The third-order valence-corrected chi connectivity index (χ3v) is 5.14. The summed E-state index contributed by atoms with van der Waals surface area (Å²) < 4.78 is 3.87.